The lowest BCUT2D eigenvalue weighted by atomic mass is 10.1. The van der Waals surface area contributed by atoms with E-state index in [9.17, 15) is 15.1 Å². The first-order chi connectivity index (χ1) is 9.13. The molecule has 1 fully saturated rings. The van der Waals surface area contributed by atoms with Crippen molar-refractivity contribution in [2.24, 2.45) is 10.1 Å². The molecule has 5 unspecified atom stereocenters. The van der Waals surface area contributed by atoms with E-state index in [4.69, 9.17) is 9.84 Å². The maximum absolute atomic E-state index is 11.5. The monoisotopic (exact) mass is 269 g/mol. The largest absolute Gasteiger partial charge is 0.394 e. The van der Waals surface area contributed by atoms with Crippen molar-refractivity contribution in [2.45, 2.75) is 30.6 Å². The highest BCUT2D eigenvalue weighted by Gasteiger charge is 2.51. The van der Waals surface area contributed by atoms with Gasteiger partial charge in [0, 0.05) is 9.67 Å². The van der Waals surface area contributed by atoms with Crippen LogP contribution in [-0.2, 0) is 4.74 Å². The van der Waals surface area contributed by atoms with E-state index in [1.807, 2.05) is 0 Å². The standard InChI is InChI=1S/C10H13N4O5/c15-4-6-7(16)8(17)10(19-6)14-9-5(3-12-14)13(18)2-1-11-9/h1-3,5-8,10,15-17H,4H2/q+1. The highest BCUT2D eigenvalue weighted by Crippen LogP contribution is 2.27. The Labute approximate surface area is 107 Å². The first-order valence-electron chi connectivity index (χ1n) is 5.79. The third kappa shape index (κ3) is 1.78. The zero-order valence-electron chi connectivity index (χ0n) is 9.77. The zero-order chi connectivity index (χ0) is 13.6. The topological polar surface area (TPSA) is 118 Å². The normalized spacial score (nSPS) is 40.8. The van der Waals surface area contributed by atoms with Crippen LogP contribution in [0.1, 0.15) is 0 Å². The number of amidine groups is 1. The minimum absolute atomic E-state index is 0.312. The molecule has 3 heterocycles. The van der Waals surface area contributed by atoms with Crippen LogP contribution >= 0.6 is 0 Å². The zero-order valence-corrected chi connectivity index (χ0v) is 9.77. The molecule has 0 aromatic carbocycles. The highest BCUT2D eigenvalue weighted by atomic mass is 16.6. The Bertz CT molecular complexity index is 490. The summed E-state index contributed by atoms with van der Waals surface area (Å²) in [5.41, 5.74) is 0. The lowest BCUT2D eigenvalue weighted by Crippen LogP contribution is -2.47. The van der Waals surface area contributed by atoms with Crippen LogP contribution in [0.15, 0.2) is 22.5 Å². The van der Waals surface area contributed by atoms with Crippen molar-refractivity contribution >= 4 is 12.1 Å². The Kier molecular flexibility index (Phi) is 2.90. The summed E-state index contributed by atoms with van der Waals surface area (Å²) >= 11 is 0. The van der Waals surface area contributed by atoms with Gasteiger partial charge in [-0.25, -0.2) is 10.0 Å². The predicted molar refractivity (Wildman–Crippen MR) is 62.1 cm³/mol. The van der Waals surface area contributed by atoms with Crippen molar-refractivity contribution in [3.63, 3.8) is 0 Å². The van der Waals surface area contributed by atoms with Crippen LogP contribution < -0.4 is 0 Å². The molecule has 0 bridgehead atoms. The number of aliphatic imine (C=N–C) groups is 1. The van der Waals surface area contributed by atoms with Crippen molar-refractivity contribution in [3.05, 3.63) is 17.3 Å². The Morgan fingerprint density at radius 1 is 1.42 bits per heavy atom. The maximum Gasteiger partial charge on any atom is 0.302 e. The van der Waals surface area contributed by atoms with E-state index < -0.39 is 37.2 Å². The number of fused-ring (bicyclic) bond motifs is 1. The van der Waals surface area contributed by atoms with Gasteiger partial charge in [0.2, 0.25) is 12.0 Å². The fraction of sp³-hybridized carbons (Fsp3) is 0.600. The molecule has 3 aliphatic rings. The molecule has 102 valence electrons. The summed E-state index contributed by atoms with van der Waals surface area (Å²) in [5.74, 6) is 0.312. The SMILES string of the molecule is O=[N+]1C=CN=C2C1C=NN2C1OC(CO)C(O)C1O. The van der Waals surface area contributed by atoms with Gasteiger partial charge in [-0.15, -0.1) is 0 Å². The van der Waals surface area contributed by atoms with E-state index in [1.165, 1.54) is 23.6 Å². The molecule has 9 nitrogen and oxygen atoms in total. The molecule has 0 saturated carbocycles. The van der Waals surface area contributed by atoms with Gasteiger partial charge in [0.15, 0.2) is 6.23 Å². The molecule has 0 aliphatic carbocycles. The number of nitroso groups, excluding NO2 is 1. The van der Waals surface area contributed by atoms with Crippen LogP contribution in [0.4, 0.5) is 0 Å². The quantitative estimate of drug-likeness (QED) is 0.488. The van der Waals surface area contributed by atoms with E-state index in [0.29, 0.717) is 10.6 Å². The molecule has 5 atom stereocenters. The number of hydrazone groups is 1. The van der Waals surface area contributed by atoms with E-state index in [2.05, 4.69) is 10.1 Å². The summed E-state index contributed by atoms with van der Waals surface area (Å²) in [6.07, 6.45) is -0.370. The third-order valence-electron chi connectivity index (χ3n) is 3.28. The summed E-state index contributed by atoms with van der Waals surface area (Å²) in [6, 6.07) is -0.661. The molecule has 0 amide bonds. The van der Waals surface area contributed by atoms with Gasteiger partial charge in [-0.1, -0.05) is 0 Å². The molecule has 0 aromatic heterocycles. The van der Waals surface area contributed by atoms with E-state index in [-0.39, 0.29) is 0 Å². The average molecular weight is 269 g/mol. The van der Waals surface area contributed by atoms with Crippen LogP contribution in [0.5, 0.6) is 0 Å². The molecule has 3 N–H and O–H groups in total. The first kappa shape index (κ1) is 12.4. The summed E-state index contributed by atoms with van der Waals surface area (Å²) in [6.45, 7) is -0.421. The summed E-state index contributed by atoms with van der Waals surface area (Å²) in [7, 11) is 0. The molecule has 9 heteroatoms. The molecular weight excluding hydrogens is 256 g/mol. The third-order valence-corrected chi connectivity index (χ3v) is 3.28. The van der Waals surface area contributed by atoms with E-state index in [0.717, 1.165) is 0 Å². The van der Waals surface area contributed by atoms with Gasteiger partial charge in [0.25, 0.3) is 0 Å². The van der Waals surface area contributed by atoms with Crippen molar-refractivity contribution in [2.75, 3.05) is 6.61 Å². The number of hydrogen-bond acceptors (Lipinski definition) is 8. The number of nitrogens with zero attached hydrogens (tertiary/aromatic N) is 4. The average Bonchev–Trinajstić information content (AvgIpc) is 2.94. The number of aliphatic hydroxyl groups excluding tert-OH is 3. The molecule has 1 saturated heterocycles. The van der Waals surface area contributed by atoms with Crippen LogP contribution in [0.3, 0.4) is 0 Å². The van der Waals surface area contributed by atoms with E-state index in [1.54, 1.807) is 0 Å². The van der Waals surface area contributed by atoms with Gasteiger partial charge in [0.05, 0.1) is 12.8 Å². The first-order valence-corrected chi connectivity index (χ1v) is 5.79. The van der Waals surface area contributed by atoms with Crippen molar-refractivity contribution in [3.8, 4) is 0 Å². The summed E-state index contributed by atoms with van der Waals surface area (Å²) in [5, 5.41) is 33.9. The fourth-order valence-electron chi connectivity index (χ4n) is 2.26. The summed E-state index contributed by atoms with van der Waals surface area (Å²) < 4.78 is 6.01. The second kappa shape index (κ2) is 4.46. The van der Waals surface area contributed by atoms with Crippen LogP contribution in [0.2, 0.25) is 0 Å². The lowest BCUT2D eigenvalue weighted by molar-refractivity contribution is -0.484. The maximum atomic E-state index is 11.5. The second-order valence-electron chi connectivity index (χ2n) is 4.43. The van der Waals surface area contributed by atoms with Gasteiger partial charge >= 0.3 is 6.04 Å². The minimum atomic E-state index is -1.25. The van der Waals surface area contributed by atoms with Crippen molar-refractivity contribution in [1.29, 1.82) is 0 Å². The molecule has 3 rings (SSSR count). The van der Waals surface area contributed by atoms with Crippen LogP contribution in [-0.4, -0.2) is 74.3 Å². The highest BCUT2D eigenvalue weighted by molar-refractivity contribution is 6.04. The molecule has 3 aliphatic heterocycles. The molecule has 0 aromatic rings. The van der Waals surface area contributed by atoms with Gasteiger partial charge in [-0.3, -0.25) is 0 Å². The van der Waals surface area contributed by atoms with Gasteiger partial charge in [-0.05, 0) is 0 Å². The minimum Gasteiger partial charge on any atom is -0.394 e. The Hall–Kier alpha value is -1.68. The number of rotatable bonds is 2. The molecule has 0 radical (unpaired) electrons. The van der Waals surface area contributed by atoms with Crippen molar-refractivity contribution in [1.82, 2.24) is 5.01 Å². The number of hydrogen-bond donors (Lipinski definition) is 3. The van der Waals surface area contributed by atoms with Crippen molar-refractivity contribution < 1.29 is 24.8 Å². The fourth-order valence-corrected chi connectivity index (χ4v) is 2.26. The summed E-state index contributed by atoms with van der Waals surface area (Å²) in [4.78, 5) is 15.6. The van der Waals surface area contributed by atoms with Crippen LogP contribution in [0.25, 0.3) is 0 Å². The lowest BCUT2D eigenvalue weighted by Gasteiger charge is -2.24. The smallest absolute Gasteiger partial charge is 0.302 e. The Morgan fingerprint density at radius 2 is 2.21 bits per heavy atom. The molecule has 19 heavy (non-hydrogen) atoms. The Morgan fingerprint density at radius 3 is 2.89 bits per heavy atom. The van der Waals surface area contributed by atoms with Gasteiger partial charge < -0.3 is 20.1 Å². The molecular formula is C10H13N4O5+. The van der Waals surface area contributed by atoms with Gasteiger partial charge in [0.1, 0.15) is 24.5 Å². The predicted octanol–water partition coefficient (Wildman–Crippen LogP) is -2.24. The second-order valence-corrected chi connectivity index (χ2v) is 4.43. The number of aliphatic hydroxyl groups is 3. The Balaban J connectivity index is 1.85. The van der Waals surface area contributed by atoms with Gasteiger partial charge in [-0.2, -0.15) is 5.10 Å². The van der Waals surface area contributed by atoms with Crippen LogP contribution in [0, 0.1) is 4.91 Å². The molecule has 0 spiro atoms. The number of ether oxygens (including phenoxy) is 1. The van der Waals surface area contributed by atoms with E-state index >= 15 is 0 Å².